The lowest BCUT2D eigenvalue weighted by molar-refractivity contribution is 0.148. The van der Waals surface area contributed by atoms with Crippen molar-refractivity contribution in [2.45, 2.75) is 38.3 Å². The van der Waals surface area contributed by atoms with E-state index in [4.69, 9.17) is 0 Å². The Labute approximate surface area is 105 Å². The highest BCUT2D eigenvalue weighted by molar-refractivity contribution is 5.15. The molecular formula is C15H24N2. The summed E-state index contributed by atoms with van der Waals surface area (Å²) in [6, 6.07) is 12.2. The molecule has 1 aromatic rings. The van der Waals surface area contributed by atoms with E-state index >= 15 is 0 Å². The van der Waals surface area contributed by atoms with Crippen molar-refractivity contribution in [2.75, 3.05) is 20.1 Å². The topological polar surface area (TPSA) is 15.3 Å². The number of hydrogen-bond donors (Lipinski definition) is 1. The quantitative estimate of drug-likeness (QED) is 0.857. The maximum atomic E-state index is 3.41. The summed E-state index contributed by atoms with van der Waals surface area (Å²) < 4.78 is 0. The van der Waals surface area contributed by atoms with Gasteiger partial charge in [0.15, 0.2) is 0 Å². The van der Waals surface area contributed by atoms with E-state index in [-0.39, 0.29) is 0 Å². The first-order valence-electron chi connectivity index (χ1n) is 6.75. The third kappa shape index (κ3) is 3.55. The van der Waals surface area contributed by atoms with E-state index in [0.717, 1.165) is 6.42 Å². The average Bonchev–Trinajstić information content (AvgIpc) is 2.40. The SMILES string of the molecule is CNC1CCCN(C(C)Cc2ccccc2)C1. The predicted molar refractivity (Wildman–Crippen MR) is 73.3 cm³/mol. The Bertz CT molecular complexity index is 323. The smallest absolute Gasteiger partial charge is 0.0192 e. The number of nitrogens with zero attached hydrogens (tertiary/aromatic N) is 1. The summed E-state index contributed by atoms with van der Waals surface area (Å²) in [6.07, 6.45) is 3.81. The van der Waals surface area contributed by atoms with Crippen LogP contribution in [0.1, 0.15) is 25.3 Å². The molecule has 2 atom stereocenters. The number of piperidine rings is 1. The van der Waals surface area contributed by atoms with Gasteiger partial charge in [-0.15, -0.1) is 0 Å². The summed E-state index contributed by atoms with van der Waals surface area (Å²) in [7, 11) is 2.08. The fraction of sp³-hybridized carbons (Fsp3) is 0.600. The molecule has 0 amide bonds. The molecule has 0 saturated carbocycles. The third-order valence-corrected chi connectivity index (χ3v) is 3.86. The molecule has 17 heavy (non-hydrogen) atoms. The average molecular weight is 232 g/mol. The van der Waals surface area contributed by atoms with Crippen LogP contribution in [-0.4, -0.2) is 37.1 Å². The van der Waals surface area contributed by atoms with E-state index in [1.807, 2.05) is 0 Å². The number of likely N-dealkylation sites (N-methyl/N-ethyl adjacent to an activating group) is 1. The van der Waals surface area contributed by atoms with Gasteiger partial charge in [-0.3, -0.25) is 4.90 Å². The van der Waals surface area contributed by atoms with Gasteiger partial charge in [0.1, 0.15) is 0 Å². The maximum Gasteiger partial charge on any atom is 0.0192 e. The highest BCUT2D eigenvalue weighted by atomic mass is 15.2. The highest BCUT2D eigenvalue weighted by Gasteiger charge is 2.22. The van der Waals surface area contributed by atoms with Crippen LogP contribution in [-0.2, 0) is 6.42 Å². The number of likely N-dealkylation sites (tertiary alicyclic amines) is 1. The second kappa shape index (κ2) is 6.18. The molecule has 1 aromatic carbocycles. The minimum absolute atomic E-state index is 0.647. The zero-order valence-electron chi connectivity index (χ0n) is 11.0. The van der Waals surface area contributed by atoms with Crippen LogP contribution in [0.3, 0.4) is 0 Å². The molecule has 1 N–H and O–H groups in total. The molecule has 0 radical (unpaired) electrons. The van der Waals surface area contributed by atoms with Gasteiger partial charge in [0.05, 0.1) is 0 Å². The van der Waals surface area contributed by atoms with Crippen molar-refractivity contribution in [3.8, 4) is 0 Å². The molecule has 2 nitrogen and oxygen atoms in total. The van der Waals surface area contributed by atoms with Crippen molar-refractivity contribution in [2.24, 2.45) is 0 Å². The minimum Gasteiger partial charge on any atom is -0.316 e. The van der Waals surface area contributed by atoms with Gasteiger partial charge < -0.3 is 5.32 Å². The summed E-state index contributed by atoms with van der Waals surface area (Å²) in [6.45, 7) is 4.81. The predicted octanol–water partition coefficient (Wildman–Crippen LogP) is 2.30. The van der Waals surface area contributed by atoms with Crippen LogP contribution in [0.25, 0.3) is 0 Å². The first kappa shape index (κ1) is 12.6. The Morgan fingerprint density at radius 1 is 1.35 bits per heavy atom. The van der Waals surface area contributed by atoms with Gasteiger partial charge >= 0.3 is 0 Å². The lowest BCUT2D eigenvalue weighted by Crippen LogP contribution is -2.48. The zero-order chi connectivity index (χ0) is 12.1. The van der Waals surface area contributed by atoms with Crippen LogP contribution in [0.5, 0.6) is 0 Å². The molecule has 0 aliphatic carbocycles. The molecule has 0 bridgehead atoms. The van der Waals surface area contributed by atoms with Crippen molar-refractivity contribution in [3.63, 3.8) is 0 Å². The Morgan fingerprint density at radius 3 is 2.82 bits per heavy atom. The van der Waals surface area contributed by atoms with Crippen LogP contribution in [0.4, 0.5) is 0 Å². The first-order valence-corrected chi connectivity index (χ1v) is 6.75. The van der Waals surface area contributed by atoms with Gasteiger partial charge in [0, 0.05) is 18.6 Å². The largest absolute Gasteiger partial charge is 0.316 e. The number of rotatable bonds is 4. The van der Waals surface area contributed by atoms with Gasteiger partial charge in [0.2, 0.25) is 0 Å². The summed E-state index contributed by atoms with van der Waals surface area (Å²) in [5.74, 6) is 0. The highest BCUT2D eigenvalue weighted by Crippen LogP contribution is 2.15. The molecule has 2 rings (SSSR count). The molecule has 1 aliphatic heterocycles. The summed E-state index contributed by atoms with van der Waals surface area (Å²) >= 11 is 0. The van der Waals surface area contributed by atoms with Gasteiger partial charge in [0.25, 0.3) is 0 Å². The minimum atomic E-state index is 0.647. The molecule has 1 aliphatic rings. The molecule has 2 unspecified atom stereocenters. The standard InChI is InChI=1S/C15H24N2/c1-13(11-14-7-4-3-5-8-14)17-10-6-9-15(12-17)16-2/h3-5,7-8,13,15-16H,6,9-12H2,1-2H3. The van der Waals surface area contributed by atoms with E-state index in [1.165, 1.54) is 31.5 Å². The summed E-state index contributed by atoms with van der Waals surface area (Å²) in [4.78, 5) is 2.62. The second-order valence-electron chi connectivity index (χ2n) is 5.16. The van der Waals surface area contributed by atoms with E-state index in [9.17, 15) is 0 Å². The monoisotopic (exact) mass is 232 g/mol. The number of benzene rings is 1. The van der Waals surface area contributed by atoms with Crippen molar-refractivity contribution >= 4 is 0 Å². The summed E-state index contributed by atoms with van der Waals surface area (Å²) in [5, 5.41) is 3.41. The molecule has 0 spiro atoms. The molecule has 1 heterocycles. The zero-order valence-corrected chi connectivity index (χ0v) is 11.0. The van der Waals surface area contributed by atoms with Crippen LogP contribution < -0.4 is 5.32 Å². The maximum absolute atomic E-state index is 3.41. The molecule has 0 aromatic heterocycles. The van der Waals surface area contributed by atoms with Gasteiger partial charge in [-0.2, -0.15) is 0 Å². The number of nitrogens with one attached hydrogen (secondary N) is 1. The van der Waals surface area contributed by atoms with Crippen LogP contribution in [0.15, 0.2) is 30.3 Å². The second-order valence-corrected chi connectivity index (χ2v) is 5.16. The van der Waals surface area contributed by atoms with Gasteiger partial charge in [-0.1, -0.05) is 30.3 Å². The van der Waals surface area contributed by atoms with Crippen molar-refractivity contribution in [1.29, 1.82) is 0 Å². The molecule has 1 fully saturated rings. The Hall–Kier alpha value is -0.860. The third-order valence-electron chi connectivity index (χ3n) is 3.86. The van der Waals surface area contributed by atoms with Gasteiger partial charge in [-0.25, -0.2) is 0 Å². The van der Waals surface area contributed by atoms with E-state index in [1.54, 1.807) is 0 Å². The normalized spacial score (nSPS) is 23.5. The molecule has 94 valence electrons. The molecule has 2 heteroatoms. The summed E-state index contributed by atoms with van der Waals surface area (Å²) in [5.41, 5.74) is 1.45. The van der Waals surface area contributed by atoms with E-state index in [0.29, 0.717) is 12.1 Å². The molecular weight excluding hydrogens is 208 g/mol. The fourth-order valence-electron chi connectivity index (χ4n) is 2.73. The molecule has 1 saturated heterocycles. The van der Waals surface area contributed by atoms with Crippen LogP contribution >= 0.6 is 0 Å². The fourth-order valence-corrected chi connectivity index (χ4v) is 2.73. The lowest BCUT2D eigenvalue weighted by atomic mass is 10.0. The van der Waals surface area contributed by atoms with Crippen molar-refractivity contribution < 1.29 is 0 Å². The van der Waals surface area contributed by atoms with E-state index < -0.39 is 0 Å². The first-order chi connectivity index (χ1) is 8.29. The van der Waals surface area contributed by atoms with Crippen LogP contribution in [0.2, 0.25) is 0 Å². The van der Waals surface area contributed by atoms with Crippen molar-refractivity contribution in [3.05, 3.63) is 35.9 Å². The Balaban J connectivity index is 1.89. The number of hydrogen-bond acceptors (Lipinski definition) is 2. The Kier molecular flexibility index (Phi) is 4.57. The van der Waals surface area contributed by atoms with Crippen LogP contribution in [0, 0.1) is 0 Å². The van der Waals surface area contributed by atoms with Crippen molar-refractivity contribution in [1.82, 2.24) is 10.2 Å². The Morgan fingerprint density at radius 2 is 2.12 bits per heavy atom. The lowest BCUT2D eigenvalue weighted by Gasteiger charge is -2.36. The van der Waals surface area contributed by atoms with E-state index in [2.05, 4.69) is 54.5 Å². The van der Waals surface area contributed by atoms with Gasteiger partial charge in [-0.05, 0) is 45.3 Å².